The highest BCUT2D eigenvalue weighted by Crippen LogP contribution is 2.31. The zero-order valence-corrected chi connectivity index (χ0v) is 21.1. The summed E-state index contributed by atoms with van der Waals surface area (Å²) in [7, 11) is 0. The molecule has 8 heteroatoms. The topological polar surface area (TPSA) is 100 Å². The van der Waals surface area contributed by atoms with Crippen LogP contribution in [0, 0.1) is 10.1 Å². The van der Waals surface area contributed by atoms with Crippen molar-refractivity contribution >= 4 is 23.6 Å². The van der Waals surface area contributed by atoms with E-state index in [0.29, 0.717) is 34.8 Å². The normalized spacial score (nSPS) is 13.6. The quantitative estimate of drug-likeness (QED) is 0.107. The molecule has 0 spiro atoms. The largest absolute Gasteiger partial charge is 0.490 e. The van der Waals surface area contributed by atoms with E-state index in [4.69, 9.17) is 14.2 Å². The number of carbonyl (C=O) groups excluding carboxylic acids is 1. The molecule has 0 atom stereocenters. The summed E-state index contributed by atoms with van der Waals surface area (Å²) in [6.07, 6.45) is 1.63. The van der Waals surface area contributed by atoms with Crippen LogP contribution in [0.25, 0.3) is 17.2 Å². The van der Waals surface area contributed by atoms with Crippen molar-refractivity contribution in [2.75, 3.05) is 6.61 Å². The molecule has 8 nitrogen and oxygen atoms in total. The van der Waals surface area contributed by atoms with Crippen LogP contribution in [-0.4, -0.2) is 23.4 Å². The van der Waals surface area contributed by atoms with Gasteiger partial charge in [-0.2, -0.15) is 0 Å². The lowest BCUT2D eigenvalue weighted by Gasteiger charge is -2.13. The summed E-state index contributed by atoms with van der Waals surface area (Å²) >= 11 is 0. The molecule has 4 aromatic carbocycles. The number of nitro groups is 1. The number of rotatable bonds is 9. The van der Waals surface area contributed by atoms with E-state index in [1.807, 2.05) is 61.5 Å². The summed E-state index contributed by atoms with van der Waals surface area (Å²) in [6.45, 7) is 2.38. The van der Waals surface area contributed by atoms with Crippen LogP contribution in [0.5, 0.6) is 11.5 Å². The molecule has 1 aliphatic rings. The number of hydrogen-bond acceptors (Lipinski definition) is 7. The van der Waals surface area contributed by atoms with Gasteiger partial charge in [0.25, 0.3) is 5.69 Å². The summed E-state index contributed by atoms with van der Waals surface area (Å²) in [5.41, 5.74) is 4.35. The molecule has 0 unspecified atom stereocenters. The molecule has 0 saturated carbocycles. The van der Waals surface area contributed by atoms with Gasteiger partial charge in [-0.25, -0.2) is 9.79 Å². The second kappa shape index (κ2) is 11.4. The van der Waals surface area contributed by atoms with Crippen molar-refractivity contribution in [1.82, 2.24) is 0 Å². The van der Waals surface area contributed by atoms with Crippen molar-refractivity contribution in [3.05, 3.63) is 130 Å². The number of aliphatic imine (C=N–C) groups is 1. The fourth-order valence-electron chi connectivity index (χ4n) is 4.05. The first kappa shape index (κ1) is 25.4. The average Bonchev–Trinajstić information content (AvgIpc) is 3.33. The van der Waals surface area contributed by atoms with Gasteiger partial charge in [-0.3, -0.25) is 10.1 Å². The lowest BCUT2D eigenvalue weighted by Crippen LogP contribution is -2.05. The number of cyclic esters (lactones) is 1. The Kier molecular flexibility index (Phi) is 7.45. The molecular weight excluding hydrogens is 496 g/mol. The van der Waals surface area contributed by atoms with Gasteiger partial charge >= 0.3 is 5.97 Å². The second-order valence-corrected chi connectivity index (χ2v) is 8.63. The highest BCUT2D eigenvalue weighted by atomic mass is 16.6. The van der Waals surface area contributed by atoms with Crippen molar-refractivity contribution in [3.8, 4) is 22.6 Å². The number of hydrogen-bond donors (Lipinski definition) is 0. The van der Waals surface area contributed by atoms with Crippen molar-refractivity contribution in [2.45, 2.75) is 13.5 Å². The molecule has 4 aromatic rings. The van der Waals surface area contributed by atoms with Crippen LogP contribution in [0.2, 0.25) is 0 Å². The van der Waals surface area contributed by atoms with E-state index in [9.17, 15) is 14.9 Å². The van der Waals surface area contributed by atoms with Crippen molar-refractivity contribution in [2.24, 2.45) is 4.99 Å². The Bertz CT molecular complexity index is 1580. The van der Waals surface area contributed by atoms with Crippen LogP contribution in [0.4, 0.5) is 5.69 Å². The second-order valence-electron chi connectivity index (χ2n) is 8.63. The molecule has 0 aliphatic carbocycles. The minimum absolute atomic E-state index is 0.00128. The molecule has 39 heavy (non-hydrogen) atoms. The Morgan fingerprint density at radius 3 is 2.33 bits per heavy atom. The summed E-state index contributed by atoms with van der Waals surface area (Å²) in [4.78, 5) is 27.6. The fraction of sp³-hybridized carbons (Fsp3) is 0.0968. The first-order valence-corrected chi connectivity index (χ1v) is 12.3. The van der Waals surface area contributed by atoms with Crippen molar-refractivity contribution in [1.29, 1.82) is 0 Å². The summed E-state index contributed by atoms with van der Waals surface area (Å²) < 4.78 is 17.1. The van der Waals surface area contributed by atoms with E-state index >= 15 is 0 Å². The van der Waals surface area contributed by atoms with Crippen LogP contribution >= 0.6 is 0 Å². The van der Waals surface area contributed by atoms with Gasteiger partial charge in [0.05, 0.1) is 11.5 Å². The molecule has 0 aromatic heterocycles. The maximum absolute atomic E-state index is 12.6. The zero-order chi connectivity index (χ0) is 27.2. The fourth-order valence-corrected chi connectivity index (χ4v) is 4.05. The van der Waals surface area contributed by atoms with Gasteiger partial charge < -0.3 is 14.2 Å². The molecule has 194 valence electrons. The first-order chi connectivity index (χ1) is 19.0. The molecule has 0 saturated heterocycles. The minimum atomic E-state index is -0.541. The van der Waals surface area contributed by atoms with Crippen LogP contribution in [0.3, 0.4) is 0 Å². The van der Waals surface area contributed by atoms with Crippen molar-refractivity contribution < 1.29 is 23.9 Å². The predicted octanol–water partition coefficient (Wildman–Crippen LogP) is 6.58. The van der Waals surface area contributed by atoms with E-state index in [1.165, 1.54) is 12.1 Å². The van der Waals surface area contributed by atoms with Gasteiger partial charge in [-0.05, 0) is 59.5 Å². The third-order valence-electron chi connectivity index (χ3n) is 5.95. The zero-order valence-electron chi connectivity index (χ0n) is 21.1. The highest BCUT2D eigenvalue weighted by Gasteiger charge is 2.24. The van der Waals surface area contributed by atoms with Crippen molar-refractivity contribution in [3.63, 3.8) is 0 Å². The maximum Gasteiger partial charge on any atom is 0.363 e. The van der Waals surface area contributed by atoms with E-state index < -0.39 is 10.9 Å². The highest BCUT2D eigenvalue weighted by molar-refractivity contribution is 6.13. The molecule has 5 rings (SSSR count). The van der Waals surface area contributed by atoms with Crippen LogP contribution in [0.15, 0.2) is 108 Å². The Morgan fingerprint density at radius 2 is 1.59 bits per heavy atom. The number of carbonyl (C=O) groups is 1. The smallest absolute Gasteiger partial charge is 0.363 e. The number of ether oxygens (including phenoxy) is 3. The Morgan fingerprint density at radius 1 is 0.846 bits per heavy atom. The lowest BCUT2D eigenvalue weighted by atomic mass is 10.0. The van der Waals surface area contributed by atoms with E-state index in [1.54, 1.807) is 36.4 Å². The van der Waals surface area contributed by atoms with Gasteiger partial charge in [-0.15, -0.1) is 0 Å². The maximum atomic E-state index is 12.6. The molecule has 1 heterocycles. The van der Waals surface area contributed by atoms with Crippen LogP contribution < -0.4 is 9.47 Å². The molecule has 0 bridgehead atoms. The van der Waals surface area contributed by atoms with Gasteiger partial charge in [0.15, 0.2) is 17.2 Å². The number of esters is 1. The number of benzene rings is 4. The summed E-state index contributed by atoms with van der Waals surface area (Å²) in [5, 5.41) is 11.0. The minimum Gasteiger partial charge on any atom is -0.490 e. The molecular formula is C31H24N2O6. The van der Waals surface area contributed by atoms with Gasteiger partial charge in [0, 0.05) is 17.7 Å². The molecule has 0 fully saturated rings. The van der Waals surface area contributed by atoms with E-state index in [2.05, 4.69) is 4.99 Å². The molecule has 0 radical (unpaired) electrons. The molecule has 0 amide bonds. The van der Waals surface area contributed by atoms with E-state index in [0.717, 1.165) is 11.1 Å². The van der Waals surface area contributed by atoms with Gasteiger partial charge in [-0.1, -0.05) is 60.7 Å². The Labute approximate surface area is 225 Å². The summed E-state index contributed by atoms with van der Waals surface area (Å²) in [6, 6.07) is 29.2. The molecule has 1 aliphatic heterocycles. The average molecular weight is 521 g/mol. The number of nitrogens with zero attached hydrogens (tertiary/aromatic N) is 2. The number of nitro benzene ring substituents is 1. The predicted molar refractivity (Wildman–Crippen MR) is 148 cm³/mol. The Hall–Kier alpha value is -5.24. The monoisotopic (exact) mass is 520 g/mol. The SMILES string of the molecule is CCOc1cc(/C=C2\N=C(c3ccc(-c4ccccc4)cc3)OC2=O)ccc1OCc1cccc([N+](=O)[O-])c1. The van der Waals surface area contributed by atoms with Crippen LogP contribution in [0.1, 0.15) is 23.6 Å². The summed E-state index contributed by atoms with van der Waals surface area (Å²) in [5.74, 6) is 0.653. The van der Waals surface area contributed by atoms with Crippen LogP contribution in [-0.2, 0) is 16.1 Å². The molecule has 0 N–H and O–H groups in total. The van der Waals surface area contributed by atoms with Gasteiger partial charge in [0.1, 0.15) is 6.61 Å². The standard InChI is InChI=1S/C31H24N2O6/c1-2-37-29-19-21(11-16-28(29)38-20-22-7-6-10-26(17-22)33(35)36)18-27-31(34)39-30(32-27)25-14-12-24(13-15-25)23-8-4-3-5-9-23/h3-19H,2,20H2,1H3/b27-18-. The first-order valence-electron chi connectivity index (χ1n) is 12.3. The third kappa shape index (κ3) is 6.02. The lowest BCUT2D eigenvalue weighted by molar-refractivity contribution is -0.384. The Balaban J connectivity index is 1.33. The number of non-ortho nitro benzene ring substituents is 1. The third-order valence-corrected chi connectivity index (χ3v) is 5.95. The van der Waals surface area contributed by atoms with Gasteiger partial charge in [0.2, 0.25) is 5.90 Å². The van der Waals surface area contributed by atoms with E-state index in [-0.39, 0.29) is 23.9 Å².